The first-order valence-electron chi connectivity index (χ1n) is 3.30. The van der Waals surface area contributed by atoms with E-state index in [-0.39, 0.29) is 0 Å². The Labute approximate surface area is 65.5 Å². The zero-order valence-electron chi connectivity index (χ0n) is 6.59. The number of benzene rings is 1. The molecular weight excluding hydrogens is 140 g/mol. The van der Waals surface area contributed by atoms with Crippen LogP contribution in [0.25, 0.3) is 0 Å². The molecule has 0 bridgehead atoms. The van der Waals surface area contributed by atoms with Gasteiger partial charge in [-0.15, -0.1) is 0 Å². The average molecular weight is 150 g/mol. The molecule has 0 spiro atoms. The van der Waals surface area contributed by atoms with Crippen LogP contribution < -0.4 is 4.74 Å². The topological polar surface area (TPSA) is 45.4 Å². The smallest absolute Gasteiger partial charge is 0.146 e. The maximum Gasteiger partial charge on any atom is 0.146 e. The van der Waals surface area contributed by atoms with Crippen LogP contribution in [0.2, 0.25) is 0 Å². The molecule has 0 unspecified atom stereocenters. The van der Waals surface area contributed by atoms with Crippen molar-refractivity contribution >= 4 is 5.69 Å². The first-order chi connectivity index (χ1) is 5.27. The van der Waals surface area contributed by atoms with Gasteiger partial charge in [0.05, 0.1) is 7.11 Å². The second-order valence-electron chi connectivity index (χ2n) is 2.29. The van der Waals surface area contributed by atoms with Crippen LogP contribution in [0.1, 0.15) is 5.56 Å². The average Bonchev–Trinajstić information content (AvgIpc) is 2.04. The monoisotopic (exact) mass is 150 g/mol. The summed E-state index contributed by atoms with van der Waals surface area (Å²) in [6.07, 6.45) is 0. The molecule has 58 valence electrons. The zero-order valence-corrected chi connectivity index (χ0v) is 6.59. The molecule has 0 radical (unpaired) electrons. The molecule has 1 aromatic rings. The van der Waals surface area contributed by atoms with Crippen molar-refractivity contribution in [3.8, 4) is 5.75 Å². The lowest BCUT2D eigenvalue weighted by atomic mass is 10.2. The van der Waals surface area contributed by atoms with Gasteiger partial charge in [-0.05, 0) is 24.6 Å². The SMILES string of the molecule is COc1cc(C)ccc1N=N. The fraction of sp³-hybridized carbons (Fsp3) is 0.250. The Balaban J connectivity index is 3.16. The fourth-order valence-corrected chi connectivity index (χ4v) is 0.877. The number of hydrogen-bond acceptors (Lipinski definition) is 3. The van der Waals surface area contributed by atoms with E-state index >= 15 is 0 Å². The van der Waals surface area contributed by atoms with Crippen molar-refractivity contribution in [2.24, 2.45) is 5.11 Å². The van der Waals surface area contributed by atoms with Crippen molar-refractivity contribution in [1.29, 1.82) is 5.53 Å². The van der Waals surface area contributed by atoms with Gasteiger partial charge in [0.2, 0.25) is 0 Å². The Kier molecular flexibility index (Phi) is 2.21. The van der Waals surface area contributed by atoms with Crippen molar-refractivity contribution in [2.45, 2.75) is 6.92 Å². The van der Waals surface area contributed by atoms with Crippen LogP contribution in [0.15, 0.2) is 23.3 Å². The summed E-state index contributed by atoms with van der Waals surface area (Å²) >= 11 is 0. The van der Waals surface area contributed by atoms with E-state index in [0.717, 1.165) is 5.56 Å². The van der Waals surface area contributed by atoms with Crippen LogP contribution in [0, 0.1) is 12.5 Å². The van der Waals surface area contributed by atoms with E-state index in [9.17, 15) is 0 Å². The second-order valence-corrected chi connectivity index (χ2v) is 2.29. The van der Waals surface area contributed by atoms with Crippen molar-refractivity contribution in [3.05, 3.63) is 23.8 Å². The summed E-state index contributed by atoms with van der Waals surface area (Å²) in [5, 5.41) is 3.31. The van der Waals surface area contributed by atoms with Crippen LogP contribution in [0.5, 0.6) is 5.75 Å². The standard InChI is InChI=1S/C8H10N2O/c1-6-3-4-7(10-9)8(5-6)11-2/h3-5,9H,1-2H3. The predicted octanol–water partition coefficient (Wildman–Crippen LogP) is 2.67. The highest BCUT2D eigenvalue weighted by atomic mass is 16.5. The Morgan fingerprint density at radius 2 is 2.18 bits per heavy atom. The van der Waals surface area contributed by atoms with E-state index in [1.54, 1.807) is 13.2 Å². The summed E-state index contributed by atoms with van der Waals surface area (Å²) in [5.41, 5.74) is 8.48. The lowest BCUT2D eigenvalue weighted by Gasteiger charge is -2.02. The highest BCUT2D eigenvalue weighted by Crippen LogP contribution is 2.27. The molecule has 1 N–H and O–H groups in total. The van der Waals surface area contributed by atoms with Gasteiger partial charge in [-0.2, -0.15) is 5.11 Å². The zero-order chi connectivity index (χ0) is 8.27. The summed E-state index contributed by atoms with van der Waals surface area (Å²) in [7, 11) is 1.57. The maximum atomic E-state index is 6.80. The molecule has 11 heavy (non-hydrogen) atoms. The molecule has 0 amide bonds. The predicted molar refractivity (Wildman–Crippen MR) is 42.5 cm³/mol. The lowest BCUT2D eigenvalue weighted by Crippen LogP contribution is -1.83. The third kappa shape index (κ3) is 1.55. The Morgan fingerprint density at radius 3 is 2.73 bits per heavy atom. The summed E-state index contributed by atoms with van der Waals surface area (Å²) < 4.78 is 5.00. The van der Waals surface area contributed by atoms with E-state index in [1.165, 1.54) is 0 Å². The van der Waals surface area contributed by atoms with Crippen LogP contribution in [-0.2, 0) is 0 Å². The second kappa shape index (κ2) is 3.14. The highest BCUT2D eigenvalue weighted by Gasteiger charge is 1.99. The van der Waals surface area contributed by atoms with Crippen LogP contribution in [0.3, 0.4) is 0 Å². The fourth-order valence-electron chi connectivity index (χ4n) is 0.877. The third-order valence-corrected chi connectivity index (χ3v) is 1.46. The first-order valence-corrected chi connectivity index (χ1v) is 3.30. The molecule has 3 heteroatoms. The molecule has 0 aliphatic rings. The summed E-state index contributed by atoms with van der Waals surface area (Å²) in [5.74, 6) is 0.653. The Bertz CT molecular complexity index is 271. The van der Waals surface area contributed by atoms with Gasteiger partial charge in [0.1, 0.15) is 11.4 Å². The number of methoxy groups -OCH3 is 1. The quantitative estimate of drug-likeness (QED) is 0.647. The minimum absolute atomic E-state index is 0.568. The van der Waals surface area contributed by atoms with Gasteiger partial charge in [-0.25, -0.2) is 5.53 Å². The minimum Gasteiger partial charge on any atom is -0.494 e. The number of aryl methyl sites for hydroxylation is 1. The maximum absolute atomic E-state index is 6.80. The van der Waals surface area contributed by atoms with E-state index in [0.29, 0.717) is 11.4 Å². The van der Waals surface area contributed by atoms with Gasteiger partial charge in [-0.3, -0.25) is 0 Å². The van der Waals surface area contributed by atoms with Gasteiger partial charge in [0.25, 0.3) is 0 Å². The molecule has 1 aromatic carbocycles. The summed E-state index contributed by atoms with van der Waals surface area (Å²) in [6.45, 7) is 1.97. The number of nitrogens with zero attached hydrogens (tertiary/aromatic N) is 1. The van der Waals surface area contributed by atoms with Gasteiger partial charge >= 0.3 is 0 Å². The molecular formula is C8H10N2O. The normalized spacial score (nSPS) is 9.27. The van der Waals surface area contributed by atoms with Gasteiger partial charge in [-0.1, -0.05) is 6.07 Å². The molecule has 0 fully saturated rings. The molecule has 0 atom stereocenters. The van der Waals surface area contributed by atoms with Crippen LogP contribution in [-0.4, -0.2) is 7.11 Å². The number of hydrogen-bond donors (Lipinski definition) is 1. The lowest BCUT2D eigenvalue weighted by molar-refractivity contribution is 0.415. The molecule has 0 saturated carbocycles. The molecule has 0 aliphatic heterocycles. The first kappa shape index (κ1) is 7.72. The summed E-state index contributed by atoms with van der Waals surface area (Å²) in [4.78, 5) is 0. The van der Waals surface area contributed by atoms with Crippen molar-refractivity contribution < 1.29 is 4.74 Å². The van der Waals surface area contributed by atoms with Crippen LogP contribution in [0.4, 0.5) is 5.69 Å². The van der Waals surface area contributed by atoms with Gasteiger partial charge < -0.3 is 4.74 Å². The van der Waals surface area contributed by atoms with E-state index < -0.39 is 0 Å². The van der Waals surface area contributed by atoms with Gasteiger partial charge in [0, 0.05) is 0 Å². The van der Waals surface area contributed by atoms with Crippen molar-refractivity contribution in [1.82, 2.24) is 0 Å². The van der Waals surface area contributed by atoms with Crippen molar-refractivity contribution in [3.63, 3.8) is 0 Å². The molecule has 0 heterocycles. The molecule has 1 rings (SSSR count). The number of rotatable bonds is 2. The van der Waals surface area contributed by atoms with Crippen molar-refractivity contribution in [2.75, 3.05) is 7.11 Å². The van der Waals surface area contributed by atoms with E-state index in [2.05, 4.69) is 5.11 Å². The minimum atomic E-state index is 0.568. The highest BCUT2D eigenvalue weighted by molar-refractivity contribution is 5.52. The largest absolute Gasteiger partial charge is 0.494 e. The van der Waals surface area contributed by atoms with Gasteiger partial charge in [0.15, 0.2) is 0 Å². The Morgan fingerprint density at radius 1 is 1.45 bits per heavy atom. The molecule has 0 aromatic heterocycles. The Hall–Kier alpha value is -1.38. The van der Waals surface area contributed by atoms with E-state index in [1.807, 2.05) is 19.1 Å². The van der Waals surface area contributed by atoms with Crippen LogP contribution >= 0.6 is 0 Å². The number of nitrogens with one attached hydrogen (secondary N) is 1. The molecule has 0 aliphatic carbocycles. The third-order valence-electron chi connectivity index (χ3n) is 1.46. The van der Waals surface area contributed by atoms with E-state index in [4.69, 9.17) is 10.3 Å². The molecule has 0 saturated heterocycles. The number of ether oxygens (including phenoxy) is 1. The molecule has 3 nitrogen and oxygen atoms in total. The summed E-state index contributed by atoms with van der Waals surface area (Å²) in [6, 6.07) is 5.52.